The van der Waals surface area contributed by atoms with Crippen molar-refractivity contribution >= 4 is 40.6 Å². The minimum atomic E-state index is -2.49. The van der Waals surface area contributed by atoms with Gasteiger partial charge in [-0.15, -0.1) is 0 Å². The average Bonchev–Trinajstić information content (AvgIpc) is 3.04. The Labute approximate surface area is 213 Å². The molecule has 0 unspecified atom stereocenters. The molecule has 0 aliphatic carbocycles. The molecular formula is C28H26F2N2O3S. The van der Waals surface area contributed by atoms with E-state index < -0.39 is 18.3 Å². The van der Waals surface area contributed by atoms with Gasteiger partial charge in [-0.05, 0) is 48.0 Å². The SMILES string of the molecule is CN1/C(=C/C(=O)COC(=O)c2ccccc2Nc2ccc(SC(F)F)cc2)C(C)(C)c2ccccc21. The van der Waals surface area contributed by atoms with Crippen molar-refractivity contribution in [2.45, 2.75) is 29.9 Å². The summed E-state index contributed by atoms with van der Waals surface area (Å²) in [7, 11) is 1.92. The highest BCUT2D eigenvalue weighted by atomic mass is 32.2. The van der Waals surface area contributed by atoms with Crippen LogP contribution >= 0.6 is 11.8 Å². The summed E-state index contributed by atoms with van der Waals surface area (Å²) in [6.45, 7) is 3.72. The number of alkyl halides is 2. The highest BCUT2D eigenvalue weighted by Gasteiger charge is 2.38. The minimum absolute atomic E-state index is 0.259. The Hall–Kier alpha value is -3.65. The second-order valence-electron chi connectivity index (χ2n) is 8.85. The number of fused-ring (bicyclic) bond motifs is 1. The number of ketones is 1. The van der Waals surface area contributed by atoms with E-state index in [-0.39, 0.29) is 16.8 Å². The van der Waals surface area contributed by atoms with Gasteiger partial charge in [-0.2, -0.15) is 8.78 Å². The van der Waals surface area contributed by atoms with Crippen LogP contribution in [-0.2, 0) is 14.9 Å². The first-order chi connectivity index (χ1) is 17.2. The van der Waals surface area contributed by atoms with E-state index in [9.17, 15) is 18.4 Å². The number of para-hydroxylation sites is 2. The van der Waals surface area contributed by atoms with Crippen LogP contribution in [0.2, 0.25) is 0 Å². The molecule has 8 heteroatoms. The van der Waals surface area contributed by atoms with Crippen molar-refractivity contribution in [1.82, 2.24) is 0 Å². The van der Waals surface area contributed by atoms with Gasteiger partial charge >= 0.3 is 5.97 Å². The van der Waals surface area contributed by atoms with Crippen LogP contribution in [-0.4, -0.2) is 31.2 Å². The third kappa shape index (κ3) is 5.44. The summed E-state index contributed by atoms with van der Waals surface area (Å²) in [5.41, 5.74) is 4.01. The van der Waals surface area contributed by atoms with Crippen LogP contribution in [0.3, 0.4) is 0 Å². The standard InChI is InChI=1S/C28H26F2N2O3S/c1-28(2)22-9-5-7-11-24(22)32(3)25(28)16-19(33)17-35-26(34)21-8-4-6-10-23(21)31-18-12-14-20(15-13-18)36-27(29)30/h4-16,27,31H,17H2,1-3H3/b25-16+. The Morgan fingerprint density at radius 1 is 1.03 bits per heavy atom. The zero-order valence-electron chi connectivity index (χ0n) is 20.1. The van der Waals surface area contributed by atoms with Gasteiger partial charge in [0.25, 0.3) is 5.76 Å². The van der Waals surface area contributed by atoms with Crippen molar-refractivity contribution in [3.05, 3.63) is 95.7 Å². The second kappa shape index (κ2) is 10.5. The van der Waals surface area contributed by atoms with Gasteiger partial charge in [0.15, 0.2) is 12.4 Å². The van der Waals surface area contributed by atoms with Gasteiger partial charge in [0.05, 0.1) is 11.3 Å². The molecule has 0 saturated carbocycles. The predicted molar refractivity (Wildman–Crippen MR) is 139 cm³/mol. The highest BCUT2D eigenvalue weighted by molar-refractivity contribution is 7.99. The molecule has 186 valence electrons. The fraction of sp³-hybridized carbons (Fsp3) is 0.214. The third-order valence-electron chi connectivity index (χ3n) is 6.09. The van der Waals surface area contributed by atoms with Gasteiger partial charge in [0.2, 0.25) is 0 Å². The zero-order valence-corrected chi connectivity index (χ0v) is 20.9. The van der Waals surface area contributed by atoms with E-state index in [4.69, 9.17) is 4.74 Å². The smallest absolute Gasteiger partial charge is 0.340 e. The number of carbonyl (C=O) groups is 2. The number of likely N-dealkylation sites (N-methyl/N-ethyl adjacent to an activating group) is 1. The number of carbonyl (C=O) groups excluding carboxylic acids is 2. The normalized spacial score (nSPS) is 15.2. The van der Waals surface area contributed by atoms with Crippen LogP contribution in [0.15, 0.2) is 89.5 Å². The molecule has 3 aromatic rings. The molecular weight excluding hydrogens is 482 g/mol. The van der Waals surface area contributed by atoms with Gasteiger partial charge in [0.1, 0.15) is 0 Å². The third-order valence-corrected chi connectivity index (χ3v) is 6.81. The van der Waals surface area contributed by atoms with E-state index in [1.54, 1.807) is 48.5 Å². The lowest BCUT2D eigenvalue weighted by atomic mass is 9.83. The number of nitrogens with one attached hydrogen (secondary N) is 1. The summed E-state index contributed by atoms with van der Waals surface area (Å²) in [6, 6.07) is 21.2. The van der Waals surface area contributed by atoms with Gasteiger partial charge in [-0.25, -0.2) is 4.79 Å². The van der Waals surface area contributed by atoms with E-state index >= 15 is 0 Å². The molecule has 0 radical (unpaired) electrons. The first-order valence-electron chi connectivity index (χ1n) is 11.3. The van der Waals surface area contributed by atoms with Gasteiger partial charge < -0.3 is 15.0 Å². The Balaban J connectivity index is 1.43. The number of rotatable bonds is 8. The molecule has 5 nitrogen and oxygen atoms in total. The number of benzene rings is 3. The quantitative estimate of drug-likeness (QED) is 0.206. The van der Waals surface area contributed by atoms with Crippen molar-refractivity contribution in [1.29, 1.82) is 0 Å². The van der Waals surface area contributed by atoms with Crippen molar-refractivity contribution in [2.75, 3.05) is 23.9 Å². The molecule has 0 aromatic heterocycles. The number of hydrogen-bond donors (Lipinski definition) is 1. The van der Waals surface area contributed by atoms with Crippen LogP contribution in [0.5, 0.6) is 0 Å². The summed E-state index contributed by atoms with van der Waals surface area (Å²) in [5.74, 6) is -3.45. The lowest BCUT2D eigenvalue weighted by molar-refractivity contribution is -0.117. The van der Waals surface area contributed by atoms with Gasteiger partial charge in [-0.3, -0.25) is 4.79 Å². The molecule has 1 aliphatic heterocycles. The van der Waals surface area contributed by atoms with Crippen LogP contribution in [0.1, 0.15) is 29.8 Å². The maximum atomic E-state index is 12.8. The molecule has 0 bridgehead atoms. The maximum Gasteiger partial charge on any atom is 0.340 e. The van der Waals surface area contributed by atoms with E-state index in [2.05, 4.69) is 19.2 Å². The van der Waals surface area contributed by atoms with Crippen LogP contribution < -0.4 is 10.2 Å². The van der Waals surface area contributed by atoms with Crippen LogP contribution in [0.25, 0.3) is 0 Å². The van der Waals surface area contributed by atoms with E-state index in [1.807, 2.05) is 36.2 Å². The molecule has 0 saturated heterocycles. The Morgan fingerprint density at radius 3 is 2.39 bits per heavy atom. The zero-order chi connectivity index (χ0) is 25.9. The monoisotopic (exact) mass is 508 g/mol. The van der Waals surface area contributed by atoms with Gasteiger partial charge in [-0.1, -0.05) is 55.9 Å². The average molecular weight is 509 g/mol. The lowest BCUT2D eigenvalue weighted by Crippen LogP contribution is -2.25. The Kier molecular flexibility index (Phi) is 7.45. The van der Waals surface area contributed by atoms with Crippen molar-refractivity contribution in [2.24, 2.45) is 0 Å². The number of halogens is 2. The molecule has 0 amide bonds. The number of esters is 1. The Morgan fingerprint density at radius 2 is 1.69 bits per heavy atom. The molecule has 4 rings (SSSR count). The van der Waals surface area contributed by atoms with E-state index in [1.165, 1.54) is 6.08 Å². The molecule has 1 heterocycles. The van der Waals surface area contributed by atoms with Crippen molar-refractivity contribution in [3.63, 3.8) is 0 Å². The fourth-order valence-electron chi connectivity index (χ4n) is 4.31. The molecule has 3 aromatic carbocycles. The molecule has 36 heavy (non-hydrogen) atoms. The molecule has 1 N–H and O–H groups in total. The highest BCUT2D eigenvalue weighted by Crippen LogP contribution is 2.46. The molecule has 1 aliphatic rings. The summed E-state index contributed by atoms with van der Waals surface area (Å²) < 4.78 is 30.4. The summed E-state index contributed by atoms with van der Waals surface area (Å²) >= 11 is 0.463. The first kappa shape index (κ1) is 25.4. The largest absolute Gasteiger partial charge is 0.454 e. The van der Waals surface area contributed by atoms with Crippen molar-refractivity contribution < 1.29 is 23.1 Å². The number of hydrogen-bond acceptors (Lipinski definition) is 6. The summed E-state index contributed by atoms with van der Waals surface area (Å²) in [6.07, 6.45) is 1.54. The fourth-order valence-corrected chi connectivity index (χ4v) is 4.81. The summed E-state index contributed by atoms with van der Waals surface area (Å²) in [5, 5.41) is 3.11. The van der Waals surface area contributed by atoms with Crippen LogP contribution in [0.4, 0.5) is 25.8 Å². The Bertz CT molecular complexity index is 1310. The first-order valence-corrected chi connectivity index (χ1v) is 12.2. The molecule has 0 atom stereocenters. The van der Waals surface area contributed by atoms with Gasteiger partial charge in [0, 0.05) is 40.5 Å². The summed E-state index contributed by atoms with van der Waals surface area (Å²) in [4.78, 5) is 28.0. The second-order valence-corrected chi connectivity index (χ2v) is 9.91. The van der Waals surface area contributed by atoms with E-state index in [0.717, 1.165) is 16.9 Å². The number of anilines is 3. The predicted octanol–water partition coefficient (Wildman–Crippen LogP) is 6.78. The number of thioether (sulfide) groups is 1. The minimum Gasteiger partial charge on any atom is -0.454 e. The van der Waals surface area contributed by atoms with Crippen LogP contribution in [0, 0.1) is 0 Å². The topological polar surface area (TPSA) is 58.6 Å². The maximum absolute atomic E-state index is 12.8. The lowest BCUT2D eigenvalue weighted by Gasteiger charge is -2.23. The number of nitrogens with zero attached hydrogens (tertiary/aromatic N) is 1. The molecule has 0 spiro atoms. The molecule has 0 fully saturated rings. The number of ether oxygens (including phenoxy) is 1. The van der Waals surface area contributed by atoms with Crippen molar-refractivity contribution in [3.8, 4) is 0 Å². The van der Waals surface area contributed by atoms with E-state index in [0.29, 0.717) is 28.0 Å². The number of allylic oxidation sites excluding steroid dienone is 1.